The van der Waals surface area contributed by atoms with Gasteiger partial charge in [-0.2, -0.15) is 0 Å². The summed E-state index contributed by atoms with van der Waals surface area (Å²) in [7, 11) is 0. The van der Waals surface area contributed by atoms with Crippen molar-refractivity contribution in [3.05, 3.63) is 225 Å². The molecule has 0 fully saturated rings. The summed E-state index contributed by atoms with van der Waals surface area (Å²) in [6.45, 7) is 0. The number of hydrogen-bond acceptors (Lipinski definition) is 5. The molecule has 0 atom stereocenters. The molecule has 5 aromatic heterocycles. The summed E-state index contributed by atoms with van der Waals surface area (Å²) in [5, 5.41) is 0. The molecular weight excluding hydrogens is 731 g/mol. The lowest BCUT2D eigenvalue weighted by molar-refractivity contribution is 1.29. The maximum Gasteiger partial charge on any atom is 0.0715 e. The molecule has 60 heavy (non-hydrogen) atoms. The molecule has 5 heterocycles. The Morgan fingerprint density at radius 1 is 0.200 bits per heavy atom. The van der Waals surface area contributed by atoms with Crippen LogP contribution < -0.4 is 0 Å². The van der Waals surface area contributed by atoms with Crippen LogP contribution in [-0.4, -0.2) is 24.9 Å². The second-order valence-electron chi connectivity index (χ2n) is 14.5. The van der Waals surface area contributed by atoms with Crippen molar-refractivity contribution in [2.24, 2.45) is 0 Å². The molecule has 0 saturated carbocycles. The number of rotatable bonds is 9. The molecule has 10 aromatic rings. The van der Waals surface area contributed by atoms with Gasteiger partial charge in [-0.05, 0) is 112 Å². The van der Waals surface area contributed by atoms with E-state index in [1.54, 1.807) is 24.8 Å². The molecule has 0 radical (unpaired) electrons. The molecular formula is C55H37N5. The second-order valence-corrected chi connectivity index (χ2v) is 14.5. The van der Waals surface area contributed by atoms with Gasteiger partial charge in [-0.1, -0.05) is 121 Å². The average Bonchev–Trinajstić information content (AvgIpc) is 3.35. The van der Waals surface area contributed by atoms with Crippen molar-refractivity contribution in [2.75, 3.05) is 0 Å². The molecule has 5 heteroatoms. The summed E-state index contributed by atoms with van der Waals surface area (Å²) >= 11 is 0. The van der Waals surface area contributed by atoms with Crippen molar-refractivity contribution in [3.63, 3.8) is 0 Å². The van der Waals surface area contributed by atoms with E-state index in [0.717, 1.165) is 101 Å². The van der Waals surface area contributed by atoms with E-state index in [2.05, 4.69) is 168 Å². The lowest BCUT2D eigenvalue weighted by Gasteiger charge is -2.18. The molecule has 0 saturated heterocycles. The molecule has 0 bridgehead atoms. The van der Waals surface area contributed by atoms with Crippen LogP contribution >= 0.6 is 0 Å². The van der Waals surface area contributed by atoms with Gasteiger partial charge in [0.25, 0.3) is 0 Å². The first-order valence-electron chi connectivity index (χ1n) is 20.0. The summed E-state index contributed by atoms with van der Waals surface area (Å²) in [5.41, 5.74) is 18.2. The van der Waals surface area contributed by atoms with Crippen molar-refractivity contribution in [1.82, 2.24) is 24.9 Å². The van der Waals surface area contributed by atoms with Crippen molar-refractivity contribution < 1.29 is 0 Å². The number of benzene rings is 5. The zero-order valence-corrected chi connectivity index (χ0v) is 32.6. The van der Waals surface area contributed by atoms with Crippen LogP contribution in [0.2, 0.25) is 0 Å². The number of nitrogens with zero attached hydrogens (tertiary/aromatic N) is 5. The smallest absolute Gasteiger partial charge is 0.0715 e. The lowest BCUT2D eigenvalue weighted by atomic mass is 9.87. The quantitative estimate of drug-likeness (QED) is 0.146. The Labute approximate surface area is 349 Å². The third-order valence-corrected chi connectivity index (χ3v) is 10.7. The zero-order chi connectivity index (χ0) is 40.1. The first kappa shape index (κ1) is 36.2. The Balaban J connectivity index is 1.17. The fourth-order valence-electron chi connectivity index (χ4n) is 7.86. The highest BCUT2D eigenvalue weighted by atomic mass is 14.7. The molecule has 10 rings (SSSR count). The summed E-state index contributed by atoms with van der Waals surface area (Å²) in [5.74, 6) is 0. The largest absolute Gasteiger partial charge is 0.265 e. The predicted molar refractivity (Wildman–Crippen MR) is 244 cm³/mol. The highest BCUT2D eigenvalue weighted by Gasteiger charge is 2.18. The van der Waals surface area contributed by atoms with Gasteiger partial charge in [0.1, 0.15) is 0 Å². The molecule has 282 valence electrons. The molecule has 5 nitrogen and oxygen atoms in total. The van der Waals surface area contributed by atoms with Gasteiger partial charge in [0.2, 0.25) is 0 Å². The maximum atomic E-state index is 5.21. The second kappa shape index (κ2) is 16.4. The van der Waals surface area contributed by atoms with Crippen LogP contribution in [0.15, 0.2) is 225 Å². The fourth-order valence-corrected chi connectivity index (χ4v) is 7.86. The van der Waals surface area contributed by atoms with E-state index in [1.165, 1.54) is 0 Å². The van der Waals surface area contributed by atoms with Gasteiger partial charge in [0, 0.05) is 58.2 Å². The summed E-state index contributed by atoms with van der Waals surface area (Å²) in [6.07, 6.45) is 7.22. The zero-order valence-electron chi connectivity index (χ0n) is 32.6. The molecule has 0 aliphatic carbocycles. The average molecular weight is 768 g/mol. The van der Waals surface area contributed by atoms with Crippen LogP contribution in [0.25, 0.3) is 101 Å². The van der Waals surface area contributed by atoms with E-state index >= 15 is 0 Å². The minimum atomic E-state index is 0.895. The molecule has 0 spiro atoms. The Morgan fingerprint density at radius 2 is 0.483 bits per heavy atom. The monoisotopic (exact) mass is 767 g/mol. The van der Waals surface area contributed by atoms with Crippen LogP contribution in [0.4, 0.5) is 0 Å². The predicted octanol–water partition coefficient (Wildman–Crippen LogP) is 13.7. The van der Waals surface area contributed by atoms with E-state index in [9.17, 15) is 0 Å². The number of hydrogen-bond donors (Lipinski definition) is 0. The third kappa shape index (κ3) is 7.39. The first-order chi connectivity index (χ1) is 29.7. The third-order valence-electron chi connectivity index (χ3n) is 10.7. The molecule has 0 unspecified atom stereocenters. The Morgan fingerprint density at radius 3 is 0.833 bits per heavy atom. The van der Waals surface area contributed by atoms with Crippen LogP contribution in [0.3, 0.4) is 0 Å². The number of pyridine rings is 5. The van der Waals surface area contributed by atoms with E-state index in [0.29, 0.717) is 0 Å². The molecule has 0 aliphatic heterocycles. The minimum absolute atomic E-state index is 0.895. The van der Waals surface area contributed by atoms with Crippen LogP contribution in [0.5, 0.6) is 0 Å². The molecule has 0 aliphatic rings. The van der Waals surface area contributed by atoms with Gasteiger partial charge in [-0.15, -0.1) is 0 Å². The molecule has 0 N–H and O–H groups in total. The number of aromatic nitrogens is 5. The van der Waals surface area contributed by atoms with Gasteiger partial charge >= 0.3 is 0 Å². The van der Waals surface area contributed by atoms with Crippen molar-refractivity contribution in [3.8, 4) is 101 Å². The SMILES string of the molecule is c1ccc(-c2cccc(-c3ccccc3-c3cc(-c4ccccc4-c4cccc(-c5ccncc5)n4)cc(-c4ccccc4-c4cccc(-c5ccncc5)n4)c3)n2)cc1. The van der Waals surface area contributed by atoms with Crippen LogP contribution in [0, 0.1) is 0 Å². The topological polar surface area (TPSA) is 64.5 Å². The van der Waals surface area contributed by atoms with Gasteiger partial charge in [-0.3, -0.25) is 9.97 Å². The van der Waals surface area contributed by atoms with Gasteiger partial charge < -0.3 is 0 Å². The highest BCUT2D eigenvalue weighted by Crippen LogP contribution is 2.42. The highest BCUT2D eigenvalue weighted by molar-refractivity contribution is 5.93. The Kier molecular flexibility index (Phi) is 9.88. The first-order valence-corrected chi connectivity index (χ1v) is 20.0. The van der Waals surface area contributed by atoms with Crippen molar-refractivity contribution in [2.45, 2.75) is 0 Å². The fraction of sp³-hybridized carbons (Fsp3) is 0. The summed E-state index contributed by atoms with van der Waals surface area (Å²) < 4.78 is 0. The Bertz CT molecular complexity index is 2750. The standard InChI is InChI=1S/C55H37N5/c1-2-13-38(14-3-1)50-21-10-24-53(58-50)47-18-7-4-15-44(47)41-35-42(45-16-5-8-19-48(45)54-25-11-22-51(59-54)39-27-31-56-32-28-39)37-43(36-41)46-17-6-9-20-49(46)55-26-12-23-52(60-55)40-29-33-57-34-30-40/h1-37H. The van der Waals surface area contributed by atoms with Crippen molar-refractivity contribution in [1.29, 1.82) is 0 Å². The van der Waals surface area contributed by atoms with Gasteiger partial charge in [0.05, 0.1) is 34.2 Å². The van der Waals surface area contributed by atoms with E-state index in [1.807, 2.05) is 42.5 Å². The minimum Gasteiger partial charge on any atom is -0.265 e. The van der Waals surface area contributed by atoms with E-state index < -0.39 is 0 Å². The Hall–Kier alpha value is -8.15. The van der Waals surface area contributed by atoms with Crippen LogP contribution in [0.1, 0.15) is 0 Å². The van der Waals surface area contributed by atoms with Crippen LogP contribution in [-0.2, 0) is 0 Å². The summed E-state index contributed by atoms with van der Waals surface area (Å²) in [6, 6.07) is 69.6. The van der Waals surface area contributed by atoms with E-state index in [-0.39, 0.29) is 0 Å². The molecule has 5 aromatic carbocycles. The normalized spacial score (nSPS) is 11.0. The van der Waals surface area contributed by atoms with Crippen molar-refractivity contribution >= 4 is 0 Å². The van der Waals surface area contributed by atoms with Gasteiger partial charge in [-0.25, -0.2) is 15.0 Å². The lowest BCUT2D eigenvalue weighted by Crippen LogP contribution is -1.95. The maximum absolute atomic E-state index is 5.21. The molecule has 0 amide bonds. The van der Waals surface area contributed by atoms with E-state index in [4.69, 9.17) is 15.0 Å². The van der Waals surface area contributed by atoms with Gasteiger partial charge in [0.15, 0.2) is 0 Å². The summed E-state index contributed by atoms with van der Waals surface area (Å²) in [4.78, 5) is 24.0.